The molecule has 0 amide bonds. The number of aromatic nitrogens is 2. The lowest BCUT2D eigenvalue weighted by Gasteiger charge is -2.09. The molecule has 104 valence electrons. The Hall–Kier alpha value is -2.43. The van der Waals surface area contributed by atoms with Gasteiger partial charge in [0.1, 0.15) is 11.6 Å². The van der Waals surface area contributed by atoms with E-state index < -0.39 is 5.97 Å². The Morgan fingerprint density at radius 1 is 1.25 bits per heavy atom. The Bertz CT molecular complexity index is 606. The smallest absolute Gasteiger partial charge is 0.335 e. The third-order valence-electron chi connectivity index (χ3n) is 2.91. The predicted molar refractivity (Wildman–Crippen MR) is 77.1 cm³/mol. The Kier molecular flexibility index (Phi) is 4.30. The number of anilines is 1. The lowest BCUT2D eigenvalue weighted by Crippen LogP contribution is -2.10. The van der Waals surface area contributed by atoms with Crippen molar-refractivity contribution >= 4 is 11.8 Å². The average molecular weight is 271 g/mol. The monoisotopic (exact) mass is 271 g/mol. The topological polar surface area (TPSA) is 75.1 Å². The third-order valence-corrected chi connectivity index (χ3v) is 2.91. The number of hydrogen-bond donors (Lipinski definition) is 2. The molecule has 2 rings (SSSR count). The van der Waals surface area contributed by atoms with E-state index in [2.05, 4.69) is 15.3 Å². The van der Waals surface area contributed by atoms with Crippen LogP contribution in [0.5, 0.6) is 0 Å². The second kappa shape index (κ2) is 6.14. The van der Waals surface area contributed by atoms with Gasteiger partial charge in [0.2, 0.25) is 0 Å². The molecule has 2 aromatic rings. The van der Waals surface area contributed by atoms with Gasteiger partial charge in [-0.15, -0.1) is 0 Å². The molecule has 0 aliphatic rings. The predicted octanol–water partition coefficient (Wildman–Crippen LogP) is 2.45. The van der Waals surface area contributed by atoms with E-state index in [9.17, 15) is 4.79 Å². The molecule has 1 aromatic carbocycles. The van der Waals surface area contributed by atoms with E-state index in [-0.39, 0.29) is 0 Å². The maximum Gasteiger partial charge on any atom is 0.335 e. The zero-order chi connectivity index (χ0) is 14.5. The van der Waals surface area contributed by atoms with Gasteiger partial charge in [0.15, 0.2) is 0 Å². The number of carboxylic acids is 1. The number of hydrogen-bond acceptors (Lipinski definition) is 4. The minimum atomic E-state index is -0.894. The fraction of sp³-hybridized carbons (Fsp3) is 0.267. The highest BCUT2D eigenvalue weighted by Gasteiger charge is 2.08. The van der Waals surface area contributed by atoms with Crippen molar-refractivity contribution in [2.24, 2.45) is 0 Å². The van der Waals surface area contributed by atoms with Crippen LogP contribution in [0.1, 0.15) is 27.4 Å². The van der Waals surface area contributed by atoms with E-state index >= 15 is 0 Å². The van der Waals surface area contributed by atoms with E-state index in [1.54, 1.807) is 12.1 Å². The lowest BCUT2D eigenvalue weighted by molar-refractivity contribution is 0.0695. The van der Waals surface area contributed by atoms with Crippen molar-refractivity contribution in [3.05, 3.63) is 53.0 Å². The maximum atomic E-state index is 11.1. The number of nitrogens with zero attached hydrogens (tertiary/aromatic N) is 2. The van der Waals surface area contributed by atoms with Crippen LogP contribution in [0.25, 0.3) is 0 Å². The first-order valence-electron chi connectivity index (χ1n) is 6.43. The summed E-state index contributed by atoms with van der Waals surface area (Å²) in [5, 5.41) is 12.3. The van der Waals surface area contributed by atoms with Crippen molar-refractivity contribution in [1.29, 1.82) is 0 Å². The molecule has 5 heteroatoms. The summed E-state index contributed by atoms with van der Waals surface area (Å²) in [5.41, 5.74) is 2.07. The highest BCUT2D eigenvalue weighted by atomic mass is 16.4. The van der Waals surface area contributed by atoms with Gasteiger partial charge in [-0.2, -0.15) is 0 Å². The molecule has 2 N–H and O–H groups in total. The molecule has 5 nitrogen and oxygen atoms in total. The summed E-state index contributed by atoms with van der Waals surface area (Å²) >= 11 is 0. The summed E-state index contributed by atoms with van der Waals surface area (Å²) in [6.07, 6.45) is 0.630. The van der Waals surface area contributed by atoms with Crippen LogP contribution >= 0.6 is 0 Å². The summed E-state index contributed by atoms with van der Waals surface area (Å²) in [6, 6.07) is 8.91. The fourth-order valence-corrected chi connectivity index (χ4v) is 2.08. The van der Waals surface area contributed by atoms with Crippen LogP contribution in [0, 0.1) is 13.8 Å². The van der Waals surface area contributed by atoms with Crippen LogP contribution in [-0.2, 0) is 6.42 Å². The molecule has 0 radical (unpaired) electrons. The number of aromatic carboxylic acids is 1. The summed E-state index contributed by atoms with van der Waals surface area (Å²) in [6.45, 7) is 4.39. The summed E-state index contributed by atoms with van der Waals surface area (Å²) in [7, 11) is 0. The van der Waals surface area contributed by atoms with E-state index in [1.165, 1.54) is 0 Å². The number of benzene rings is 1. The van der Waals surface area contributed by atoms with Crippen LogP contribution in [0.3, 0.4) is 0 Å². The molecule has 0 saturated heterocycles. The molecule has 0 spiro atoms. The molecular weight excluding hydrogens is 254 g/mol. The quantitative estimate of drug-likeness (QED) is 0.873. The van der Waals surface area contributed by atoms with Gasteiger partial charge in [-0.25, -0.2) is 14.8 Å². The number of nitrogens with one attached hydrogen (secondary N) is 1. The zero-order valence-electron chi connectivity index (χ0n) is 11.6. The summed E-state index contributed by atoms with van der Waals surface area (Å²) in [4.78, 5) is 19.6. The van der Waals surface area contributed by atoms with Crippen molar-refractivity contribution in [3.63, 3.8) is 0 Å². The molecular formula is C15H17N3O2. The molecule has 1 aromatic heterocycles. The van der Waals surface area contributed by atoms with Gasteiger partial charge >= 0.3 is 5.97 Å². The van der Waals surface area contributed by atoms with E-state index in [0.29, 0.717) is 18.5 Å². The first-order chi connectivity index (χ1) is 9.56. The second-order valence-electron chi connectivity index (χ2n) is 4.58. The lowest BCUT2D eigenvalue weighted by atomic mass is 10.0. The first kappa shape index (κ1) is 14.0. The normalized spacial score (nSPS) is 10.3. The van der Waals surface area contributed by atoms with E-state index in [0.717, 1.165) is 22.9 Å². The van der Waals surface area contributed by atoms with Gasteiger partial charge in [-0.05, 0) is 31.9 Å². The molecule has 0 aliphatic heterocycles. The van der Waals surface area contributed by atoms with Crippen molar-refractivity contribution in [3.8, 4) is 0 Å². The molecule has 0 bridgehead atoms. The van der Waals surface area contributed by atoms with E-state index in [1.807, 2.05) is 32.0 Å². The first-order valence-corrected chi connectivity index (χ1v) is 6.43. The summed E-state index contributed by atoms with van der Waals surface area (Å²) in [5.74, 6) is 0.593. The Morgan fingerprint density at radius 3 is 2.70 bits per heavy atom. The molecule has 0 atom stereocenters. The number of carboxylic acid groups (broad SMARTS) is 1. The van der Waals surface area contributed by atoms with Gasteiger partial charge in [-0.3, -0.25) is 0 Å². The Labute approximate surface area is 117 Å². The highest BCUT2D eigenvalue weighted by Crippen LogP contribution is 2.11. The fourth-order valence-electron chi connectivity index (χ4n) is 2.08. The van der Waals surface area contributed by atoms with Gasteiger partial charge < -0.3 is 10.4 Å². The van der Waals surface area contributed by atoms with Gasteiger partial charge in [0, 0.05) is 18.3 Å². The van der Waals surface area contributed by atoms with Gasteiger partial charge in [0.05, 0.1) is 5.56 Å². The van der Waals surface area contributed by atoms with E-state index in [4.69, 9.17) is 5.11 Å². The van der Waals surface area contributed by atoms with Crippen LogP contribution in [-0.4, -0.2) is 27.6 Å². The van der Waals surface area contributed by atoms with Crippen molar-refractivity contribution in [2.45, 2.75) is 20.3 Å². The summed E-state index contributed by atoms with van der Waals surface area (Å²) < 4.78 is 0. The molecule has 0 saturated carbocycles. The van der Waals surface area contributed by atoms with Crippen molar-refractivity contribution in [1.82, 2.24) is 9.97 Å². The maximum absolute atomic E-state index is 11.1. The van der Waals surface area contributed by atoms with Crippen LogP contribution in [0.15, 0.2) is 30.3 Å². The van der Waals surface area contributed by atoms with Crippen molar-refractivity contribution < 1.29 is 9.90 Å². The Balaban J connectivity index is 2.01. The SMILES string of the molecule is Cc1cc(NCCc2ccccc2C(=O)O)nc(C)n1. The zero-order valence-corrected chi connectivity index (χ0v) is 11.6. The number of carbonyl (C=O) groups is 1. The number of aryl methyl sites for hydroxylation is 2. The molecule has 1 heterocycles. The largest absolute Gasteiger partial charge is 0.478 e. The molecule has 0 fully saturated rings. The Morgan fingerprint density at radius 2 is 2.00 bits per heavy atom. The van der Waals surface area contributed by atoms with Crippen LogP contribution in [0.4, 0.5) is 5.82 Å². The second-order valence-corrected chi connectivity index (χ2v) is 4.58. The minimum Gasteiger partial charge on any atom is -0.478 e. The molecule has 0 aliphatic carbocycles. The third kappa shape index (κ3) is 3.54. The number of rotatable bonds is 5. The highest BCUT2D eigenvalue weighted by molar-refractivity contribution is 5.89. The standard InChI is InChI=1S/C15H17N3O2/c1-10-9-14(18-11(2)17-10)16-8-7-12-5-3-4-6-13(12)15(19)20/h3-6,9H,7-8H2,1-2H3,(H,19,20)(H,16,17,18). The van der Waals surface area contributed by atoms with Gasteiger partial charge in [0.25, 0.3) is 0 Å². The van der Waals surface area contributed by atoms with Crippen LogP contribution in [0.2, 0.25) is 0 Å². The average Bonchev–Trinajstić information content (AvgIpc) is 2.38. The molecule has 20 heavy (non-hydrogen) atoms. The minimum absolute atomic E-state index is 0.351. The van der Waals surface area contributed by atoms with Gasteiger partial charge in [-0.1, -0.05) is 18.2 Å². The van der Waals surface area contributed by atoms with Crippen LogP contribution < -0.4 is 5.32 Å². The molecule has 0 unspecified atom stereocenters. The van der Waals surface area contributed by atoms with Crippen molar-refractivity contribution in [2.75, 3.05) is 11.9 Å².